The number of fused-ring (bicyclic) bond motifs is 1. The molecule has 0 unspecified atom stereocenters. The summed E-state index contributed by atoms with van der Waals surface area (Å²) in [5.74, 6) is 1.62. The van der Waals surface area contributed by atoms with Crippen LogP contribution in [0, 0.1) is 0 Å². The quantitative estimate of drug-likeness (QED) is 0.716. The van der Waals surface area contributed by atoms with Crippen molar-refractivity contribution < 1.29 is 17.9 Å². The zero-order valence-corrected chi connectivity index (χ0v) is 18.3. The Hall–Kier alpha value is -2.10. The Morgan fingerprint density at radius 3 is 2.63 bits per heavy atom. The largest absolute Gasteiger partial charge is 0.474 e. The van der Waals surface area contributed by atoms with Gasteiger partial charge in [0.25, 0.3) is 0 Å². The molecule has 0 radical (unpaired) electrons. The molecule has 1 saturated heterocycles. The summed E-state index contributed by atoms with van der Waals surface area (Å²) in [5, 5.41) is 0. The number of hydrogen-bond acceptors (Lipinski definition) is 7. The first-order valence-electron chi connectivity index (χ1n) is 10.5. The number of sulfonamides is 1. The van der Waals surface area contributed by atoms with Crippen LogP contribution in [0.2, 0.25) is 0 Å². The lowest BCUT2D eigenvalue weighted by Gasteiger charge is -2.31. The van der Waals surface area contributed by atoms with E-state index in [2.05, 4.69) is 18.8 Å². The number of pyridine rings is 1. The molecule has 8 nitrogen and oxygen atoms in total. The van der Waals surface area contributed by atoms with Gasteiger partial charge in [-0.2, -0.15) is 9.29 Å². The first kappa shape index (κ1) is 21.1. The number of piperidine rings is 1. The molecule has 4 rings (SSSR count). The van der Waals surface area contributed by atoms with Gasteiger partial charge in [-0.05, 0) is 25.0 Å². The smallest absolute Gasteiger partial charge is 0.244 e. The van der Waals surface area contributed by atoms with Gasteiger partial charge in [0.05, 0.1) is 18.9 Å². The molecule has 4 heterocycles. The van der Waals surface area contributed by atoms with Crippen LogP contribution in [0.1, 0.15) is 49.7 Å². The van der Waals surface area contributed by atoms with Crippen molar-refractivity contribution in [3.05, 3.63) is 41.6 Å². The highest BCUT2D eigenvalue weighted by atomic mass is 32.2. The fourth-order valence-electron chi connectivity index (χ4n) is 3.78. The Morgan fingerprint density at radius 2 is 1.93 bits per heavy atom. The fraction of sp³-hybridized carbons (Fsp3) is 0.571. The Morgan fingerprint density at radius 1 is 1.17 bits per heavy atom. The molecule has 30 heavy (non-hydrogen) atoms. The van der Waals surface area contributed by atoms with Crippen molar-refractivity contribution >= 4 is 10.0 Å². The molecule has 9 heteroatoms. The van der Waals surface area contributed by atoms with Crippen molar-refractivity contribution in [1.82, 2.24) is 19.3 Å². The van der Waals surface area contributed by atoms with Crippen molar-refractivity contribution in [3.63, 3.8) is 0 Å². The van der Waals surface area contributed by atoms with Crippen LogP contribution in [0.25, 0.3) is 0 Å². The predicted octanol–water partition coefficient (Wildman–Crippen LogP) is 2.34. The van der Waals surface area contributed by atoms with Crippen LogP contribution in [0.4, 0.5) is 0 Å². The van der Waals surface area contributed by atoms with Gasteiger partial charge in [-0.25, -0.2) is 13.4 Å². The summed E-state index contributed by atoms with van der Waals surface area (Å²) in [5.41, 5.74) is 2.04. The molecule has 2 aromatic rings. The highest BCUT2D eigenvalue weighted by Gasteiger charge is 2.31. The summed E-state index contributed by atoms with van der Waals surface area (Å²) < 4.78 is 39.1. The molecule has 0 aromatic carbocycles. The topological polar surface area (TPSA) is 94.5 Å². The SMILES string of the molecule is CC(C)c1nc2c(c(OC3CCN(S(=O)(=O)c4cccnc4)CC3)n1)CCOCC2. The van der Waals surface area contributed by atoms with Gasteiger partial charge >= 0.3 is 0 Å². The number of rotatable bonds is 5. The molecule has 2 aromatic heterocycles. The third-order valence-electron chi connectivity index (χ3n) is 5.52. The second-order valence-corrected chi connectivity index (χ2v) is 9.93. The minimum atomic E-state index is -3.52. The number of aromatic nitrogens is 3. The van der Waals surface area contributed by atoms with Gasteiger partial charge in [-0.15, -0.1) is 0 Å². The molecule has 0 aliphatic carbocycles. The standard InChI is InChI=1S/C21H28N4O4S/c1-15(2)20-23-19-8-13-28-12-7-18(19)21(24-20)29-16-5-10-25(11-6-16)30(26,27)17-4-3-9-22-14-17/h3-4,9,14-16H,5-8,10-13H2,1-2H3. The van der Waals surface area contributed by atoms with Crippen molar-refractivity contribution in [1.29, 1.82) is 0 Å². The maximum atomic E-state index is 12.8. The second kappa shape index (κ2) is 8.95. The fourth-order valence-corrected chi connectivity index (χ4v) is 5.22. The molecule has 2 aliphatic rings. The molecule has 0 bridgehead atoms. The van der Waals surface area contributed by atoms with E-state index in [9.17, 15) is 8.42 Å². The van der Waals surface area contributed by atoms with E-state index < -0.39 is 10.0 Å². The van der Waals surface area contributed by atoms with Crippen LogP contribution < -0.4 is 4.74 Å². The van der Waals surface area contributed by atoms with Crippen LogP contribution in [-0.2, 0) is 27.6 Å². The van der Waals surface area contributed by atoms with Crippen molar-refractivity contribution in [2.75, 3.05) is 26.3 Å². The minimum Gasteiger partial charge on any atom is -0.474 e. The molecular formula is C21H28N4O4S. The van der Waals surface area contributed by atoms with Crippen molar-refractivity contribution in [3.8, 4) is 5.88 Å². The van der Waals surface area contributed by atoms with E-state index >= 15 is 0 Å². The summed E-state index contributed by atoms with van der Waals surface area (Å²) in [6.45, 7) is 6.26. The van der Waals surface area contributed by atoms with E-state index in [1.54, 1.807) is 18.3 Å². The molecule has 162 valence electrons. The van der Waals surface area contributed by atoms with Crippen LogP contribution >= 0.6 is 0 Å². The van der Waals surface area contributed by atoms with Gasteiger partial charge in [0, 0.05) is 49.8 Å². The molecule has 1 fully saturated rings. The molecule has 0 atom stereocenters. The van der Waals surface area contributed by atoms with Gasteiger partial charge in [0.2, 0.25) is 15.9 Å². The van der Waals surface area contributed by atoms with Gasteiger partial charge in [-0.3, -0.25) is 4.98 Å². The van der Waals surface area contributed by atoms with E-state index in [0.29, 0.717) is 45.0 Å². The van der Waals surface area contributed by atoms with Crippen molar-refractivity contribution in [2.24, 2.45) is 0 Å². The third kappa shape index (κ3) is 4.48. The van der Waals surface area contributed by atoms with E-state index in [4.69, 9.17) is 19.4 Å². The Bertz CT molecular complexity index is 974. The number of nitrogens with zero attached hydrogens (tertiary/aromatic N) is 4. The van der Waals surface area contributed by atoms with E-state index in [-0.39, 0.29) is 16.9 Å². The summed E-state index contributed by atoms with van der Waals surface area (Å²) in [6.07, 6.45) is 5.61. The maximum absolute atomic E-state index is 12.8. The summed E-state index contributed by atoms with van der Waals surface area (Å²) in [6, 6.07) is 3.22. The van der Waals surface area contributed by atoms with E-state index in [1.807, 2.05) is 0 Å². The van der Waals surface area contributed by atoms with Crippen molar-refractivity contribution in [2.45, 2.75) is 56.4 Å². The Kier molecular flexibility index (Phi) is 6.31. The highest BCUT2D eigenvalue weighted by Crippen LogP contribution is 2.28. The van der Waals surface area contributed by atoms with E-state index in [0.717, 1.165) is 29.9 Å². The summed E-state index contributed by atoms with van der Waals surface area (Å²) in [7, 11) is -3.52. The summed E-state index contributed by atoms with van der Waals surface area (Å²) in [4.78, 5) is 13.6. The van der Waals surface area contributed by atoms with Gasteiger partial charge in [-0.1, -0.05) is 13.8 Å². The number of ether oxygens (including phenoxy) is 2. The van der Waals surface area contributed by atoms with Crippen LogP contribution in [0.5, 0.6) is 5.88 Å². The average molecular weight is 433 g/mol. The first-order valence-corrected chi connectivity index (χ1v) is 11.9. The Labute approximate surface area is 177 Å². The predicted molar refractivity (Wildman–Crippen MR) is 111 cm³/mol. The van der Waals surface area contributed by atoms with Gasteiger partial charge in [0.1, 0.15) is 16.8 Å². The third-order valence-corrected chi connectivity index (χ3v) is 7.40. The molecule has 0 N–H and O–H groups in total. The highest BCUT2D eigenvalue weighted by molar-refractivity contribution is 7.89. The normalized spacial score (nSPS) is 18.8. The molecule has 0 saturated carbocycles. The second-order valence-electron chi connectivity index (χ2n) is 7.99. The first-order chi connectivity index (χ1) is 14.4. The lowest BCUT2D eigenvalue weighted by atomic mass is 10.1. The summed E-state index contributed by atoms with van der Waals surface area (Å²) >= 11 is 0. The van der Waals surface area contributed by atoms with Gasteiger partial charge < -0.3 is 9.47 Å². The number of hydrogen-bond donors (Lipinski definition) is 0. The van der Waals surface area contributed by atoms with Crippen LogP contribution in [0.3, 0.4) is 0 Å². The zero-order valence-electron chi connectivity index (χ0n) is 17.5. The molecule has 0 spiro atoms. The maximum Gasteiger partial charge on any atom is 0.244 e. The van der Waals surface area contributed by atoms with Crippen LogP contribution in [0.15, 0.2) is 29.4 Å². The minimum absolute atomic E-state index is 0.0754. The average Bonchev–Trinajstić information content (AvgIpc) is 3.00. The lowest BCUT2D eigenvalue weighted by molar-refractivity contribution is 0.126. The molecular weight excluding hydrogens is 404 g/mol. The monoisotopic (exact) mass is 432 g/mol. The molecule has 2 aliphatic heterocycles. The molecule has 0 amide bonds. The zero-order chi connectivity index (χ0) is 21.1. The van der Waals surface area contributed by atoms with Gasteiger partial charge in [0.15, 0.2) is 0 Å². The Balaban J connectivity index is 1.48. The van der Waals surface area contributed by atoms with Crippen LogP contribution in [-0.4, -0.2) is 60.1 Å². The lowest BCUT2D eigenvalue weighted by Crippen LogP contribution is -2.42. The van der Waals surface area contributed by atoms with E-state index in [1.165, 1.54) is 10.5 Å².